The van der Waals surface area contributed by atoms with Gasteiger partial charge < -0.3 is 5.11 Å². The van der Waals surface area contributed by atoms with Crippen LogP contribution in [0.15, 0.2) is 76.7 Å². The van der Waals surface area contributed by atoms with Crippen molar-refractivity contribution < 1.29 is 5.11 Å². The van der Waals surface area contributed by atoms with E-state index in [0.717, 1.165) is 50.5 Å². The standard InChI is InChI=1S/C26H24N4O/c1-16(2)30-24-11-7-4-8-19(24)26(29-30)23-15-22(18-13-12-17(3)14-25(18)31)27-20-9-5-6-10-21(20)28-23/h4-14,16,31H,15H2,1-3H3. The Morgan fingerprint density at radius 1 is 0.871 bits per heavy atom. The molecule has 0 unspecified atom stereocenters. The smallest absolute Gasteiger partial charge is 0.124 e. The average molecular weight is 409 g/mol. The summed E-state index contributed by atoms with van der Waals surface area (Å²) in [6, 6.07) is 22.0. The normalized spacial score (nSPS) is 13.7. The molecule has 5 nitrogen and oxygen atoms in total. The highest BCUT2D eigenvalue weighted by molar-refractivity contribution is 6.23. The number of para-hydroxylation sites is 3. The Balaban J connectivity index is 1.73. The lowest BCUT2D eigenvalue weighted by Gasteiger charge is -2.09. The molecule has 0 aliphatic carbocycles. The van der Waals surface area contributed by atoms with Gasteiger partial charge in [-0.15, -0.1) is 0 Å². The molecule has 2 heterocycles. The predicted octanol–water partition coefficient (Wildman–Crippen LogP) is 6.28. The predicted molar refractivity (Wildman–Crippen MR) is 126 cm³/mol. The van der Waals surface area contributed by atoms with Crippen LogP contribution in [0.25, 0.3) is 10.9 Å². The molecule has 0 radical (unpaired) electrons. The number of aromatic nitrogens is 2. The van der Waals surface area contributed by atoms with Gasteiger partial charge in [0, 0.05) is 23.4 Å². The van der Waals surface area contributed by atoms with Crippen molar-refractivity contribution in [3.63, 3.8) is 0 Å². The van der Waals surface area contributed by atoms with Crippen LogP contribution >= 0.6 is 0 Å². The first-order valence-corrected chi connectivity index (χ1v) is 10.5. The van der Waals surface area contributed by atoms with E-state index in [1.54, 1.807) is 6.07 Å². The maximum absolute atomic E-state index is 10.6. The van der Waals surface area contributed by atoms with Gasteiger partial charge in [-0.25, -0.2) is 4.99 Å². The number of aliphatic imine (C=N–C) groups is 2. The summed E-state index contributed by atoms with van der Waals surface area (Å²) in [6.45, 7) is 6.22. The van der Waals surface area contributed by atoms with Crippen LogP contribution in [0.3, 0.4) is 0 Å². The maximum Gasteiger partial charge on any atom is 0.124 e. The van der Waals surface area contributed by atoms with E-state index >= 15 is 0 Å². The minimum Gasteiger partial charge on any atom is -0.507 e. The third-order valence-corrected chi connectivity index (χ3v) is 5.57. The molecule has 0 bridgehead atoms. The van der Waals surface area contributed by atoms with Gasteiger partial charge in [0.15, 0.2) is 0 Å². The largest absolute Gasteiger partial charge is 0.507 e. The minimum absolute atomic E-state index is 0.228. The van der Waals surface area contributed by atoms with Crippen molar-refractivity contribution in [2.24, 2.45) is 9.98 Å². The van der Waals surface area contributed by atoms with Crippen molar-refractivity contribution in [3.05, 3.63) is 83.6 Å². The number of nitrogens with zero attached hydrogens (tertiary/aromatic N) is 4. The van der Waals surface area contributed by atoms with Gasteiger partial charge in [0.2, 0.25) is 0 Å². The third-order valence-electron chi connectivity index (χ3n) is 5.57. The highest BCUT2D eigenvalue weighted by Crippen LogP contribution is 2.35. The van der Waals surface area contributed by atoms with Gasteiger partial charge in [-0.3, -0.25) is 9.67 Å². The lowest BCUT2D eigenvalue weighted by molar-refractivity contribution is 0.473. The SMILES string of the molecule is Cc1ccc(C2=Nc3ccccc3N=C(c3nn(C(C)C)c4ccccc34)C2)c(O)c1. The minimum atomic E-state index is 0.228. The zero-order valence-corrected chi connectivity index (χ0v) is 17.9. The summed E-state index contributed by atoms with van der Waals surface area (Å²) < 4.78 is 2.05. The van der Waals surface area contributed by atoms with Gasteiger partial charge in [0.05, 0.1) is 28.3 Å². The molecular weight excluding hydrogens is 384 g/mol. The van der Waals surface area contributed by atoms with Gasteiger partial charge in [0.1, 0.15) is 11.4 Å². The Kier molecular flexibility index (Phi) is 4.66. The van der Waals surface area contributed by atoms with Crippen molar-refractivity contribution in [1.82, 2.24) is 9.78 Å². The average Bonchev–Trinajstić information content (AvgIpc) is 3.03. The monoisotopic (exact) mass is 408 g/mol. The van der Waals surface area contributed by atoms with Crippen LogP contribution in [0.4, 0.5) is 11.4 Å². The first-order valence-electron chi connectivity index (χ1n) is 10.5. The molecule has 0 saturated heterocycles. The van der Waals surface area contributed by atoms with Crippen LogP contribution < -0.4 is 0 Å². The molecule has 1 aliphatic rings. The van der Waals surface area contributed by atoms with Crippen molar-refractivity contribution >= 4 is 33.7 Å². The summed E-state index contributed by atoms with van der Waals surface area (Å²) in [5.41, 5.74) is 6.91. The van der Waals surface area contributed by atoms with Gasteiger partial charge in [-0.1, -0.05) is 36.4 Å². The van der Waals surface area contributed by atoms with Crippen LogP contribution in [0.2, 0.25) is 0 Å². The fourth-order valence-electron chi connectivity index (χ4n) is 4.06. The van der Waals surface area contributed by atoms with E-state index in [0.29, 0.717) is 6.42 Å². The number of fused-ring (bicyclic) bond motifs is 2. The van der Waals surface area contributed by atoms with Gasteiger partial charge in [-0.2, -0.15) is 5.10 Å². The van der Waals surface area contributed by atoms with Gasteiger partial charge >= 0.3 is 0 Å². The third kappa shape index (κ3) is 3.42. The summed E-state index contributed by atoms with van der Waals surface area (Å²) >= 11 is 0. The molecule has 0 amide bonds. The van der Waals surface area contributed by atoms with Crippen LogP contribution in [0.5, 0.6) is 5.75 Å². The number of hydrogen-bond acceptors (Lipinski definition) is 4. The van der Waals surface area contributed by atoms with E-state index < -0.39 is 0 Å². The molecule has 0 saturated carbocycles. The molecule has 5 heteroatoms. The van der Waals surface area contributed by atoms with E-state index in [4.69, 9.17) is 15.1 Å². The molecule has 1 aliphatic heterocycles. The van der Waals surface area contributed by atoms with Crippen molar-refractivity contribution in [1.29, 1.82) is 0 Å². The highest BCUT2D eigenvalue weighted by atomic mass is 16.3. The molecular formula is C26H24N4O. The number of benzene rings is 3. The summed E-state index contributed by atoms with van der Waals surface area (Å²) in [4.78, 5) is 9.90. The van der Waals surface area contributed by atoms with Crippen LogP contribution in [-0.4, -0.2) is 26.3 Å². The molecule has 0 spiro atoms. The lowest BCUT2D eigenvalue weighted by atomic mass is 9.99. The zero-order valence-electron chi connectivity index (χ0n) is 17.9. The maximum atomic E-state index is 10.6. The Hall–Kier alpha value is -3.73. The lowest BCUT2D eigenvalue weighted by Crippen LogP contribution is -2.12. The number of aromatic hydroxyl groups is 1. The molecule has 154 valence electrons. The quantitative estimate of drug-likeness (QED) is 0.434. The summed E-state index contributed by atoms with van der Waals surface area (Å²) in [7, 11) is 0. The number of rotatable bonds is 3. The van der Waals surface area contributed by atoms with Gasteiger partial charge in [-0.05, 0) is 56.7 Å². The van der Waals surface area contributed by atoms with Gasteiger partial charge in [0.25, 0.3) is 0 Å². The number of phenols is 1. The van der Waals surface area contributed by atoms with Crippen LogP contribution in [0.1, 0.15) is 43.1 Å². The number of aryl methyl sites for hydroxylation is 1. The second-order valence-electron chi connectivity index (χ2n) is 8.21. The Morgan fingerprint density at radius 2 is 1.55 bits per heavy atom. The first kappa shape index (κ1) is 19.2. The second kappa shape index (κ2) is 7.51. The molecule has 5 rings (SSSR count). The molecule has 3 aromatic carbocycles. The Labute approximate surface area is 181 Å². The fourth-order valence-corrected chi connectivity index (χ4v) is 4.06. The zero-order chi connectivity index (χ0) is 21.5. The molecule has 0 fully saturated rings. The molecule has 31 heavy (non-hydrogen) atoms. The summed E-state index contributed by atoms with van der Waals surface area (Å²) in [5, 5.41) is 16.7. The number of hydrogen-bond donors (Lipinski definition) is 1. The van der Waals surface area contributed by atoms with E-state index in [2.05, 4.69) is 26.0 Å². The van der Waals surface area contributed by atoms with E-state index in [1.165, 1.54) is 0 Å². The van der Waals surface area contributed by atoms with E-state index in [9.17, 15) is 5.11 Å². The van der Waals surface area contributed by atoms with Crippen molar-refractivity contribution in [3.8, 4) is 5.75 Å². The number of phenolic OH excluding ortho intramolecular Hbond substituents is 1. The Morgan fingerprint density at radius 3 is 2.26 bits per heavy atom. The topological polar surface area (TPSA) is 62.8 Å². The fraction of sp³-hybridized carbons (Fsp3) is 0.192. The van der Waals surface area contributed by atoms with Crippen LogP contribution in [-0.2, 0) is 0 Å². The van der Waals surface area contributed by atoms with E-state index in [1.807, 2.05) is 60.1 Å². The molecule has 1 N–H and O–H groups in total. The first-order chi connectivity index (χ1) is 15.0. The highest BCUT2D eigenvalue weighted by Gasteiger charge is 2.23. The summed E-state index contributed by atoms with van der Waals surface area (Å²) in [6.07, 6.45) is 0.477. The molecule has 4 aromatic rings. The summed E-state index contributed by atoms with van der Waals surface area (Å²) in [5.74, 6) is 0.232. The van der Waals surface area contributed by atoms with Crippen molar-refractivity contribution in [2.45, 2.75) is 33.2 Å². The van der Waals surface area contributed by atoms with E-state index in [-0.39, 0.29) is 11.8 Å². The second-order valence-corrected chi connectivity index (χ2v) is 8.21. The van der Waals surface area contributed by atoms with Crippen molar-refractivity contribution in [2.75, 3.05) is 0 Å². The molecule has 1 aromatic heterocycles. The van der Waals surface area contributed by atoms with Crippen LogP contribution in [0, 0.1) is 6.92 Å². The molecule has 0 atom stereocenters. The Bertz CT molecular complexity index is 1360.